The highest BCUT2D eigenvalue weighted by Crippen LogP contribution is 2.24. The van der Waals surface area contributed by atoms with Gasteiger partial charge in [0.1, 0.15) is 5.75 Å². The molecule has 0 saturated carbocycles. The van der Waals surface area contributed by atoms with Crippen LogP contribution in [0.3, 0.4) is 0 Å². The maximum atomic E-state index is 12.3. The monoisotopic (exact) mass is 383 g/mol. The number of nitrogens with zero attached hydrogens (tertiary/aromatic N) is 3. The standard InChI is InChI=1S/C21H25N3O4/c25-21(28-20-7-5-19(6-8-20)24(26)27)23-15-11-18(12-16-23)4-2-1-3-17-9-13-22-14-10-17/h5-10,13-14,18H,1-4,11-12,15-16H2. The molecule has 0 atom stereocenters. The Morgan fingerprint density at radius 2 is 1.79 bits per heavy atom. The van der Waals surface area contributed by atoms with Gasteiger partial charge in [0, 0.05) is 37.6 Å². The first-order valence-corrected chi connectivity index (χ1v) is 9.72. The van der Waals surface area contributed by atoms with Gasteiger partial charge in [-0.15, -0.1) is 0 Å². The Kier molecular flexibility index (Phi) is 6.94. The zero-order chi connectivity index (χ0) is 19.8. The lowest BCUT2D eigenvalue weighted by Gasteiger charge is -2.31. The van der Waals surface area contributed by atoms with Crippen molar-refractivity contribution in [1.82, 2.24) is 9.88 Å². The van der Waals surface area contributed by atoms with Gasteiger partial charge in [-0.1, -0.05) is 12.8 Å². The SMILES string of the molecule is O=C(Oc1ccc([N+](=O)[O-])cc1)N1CCC(CCCCc2ccncc2)CC1. The third kappa shape index (κ3) is 5.77. The topological polar surface area (TPSA) is 85.6 Å². The van der Waals surface area contributed by atoms with Crippen LogP contribution < -0.4 is 4.74 Å². The van der Waals surface area contributed by atoms with Gasteiger partial charge in [0.15, 0.2) is 0 Å². The summed E-state index contributed by atoms with van der Waals surface area (Å²) in [5.74, 6) is 0.981. The minimum absolute atomic E-state index is 0.0236. The summed E-state index contributed by atoms with van der Waals surface area (Å²) in [7, 11) is 0. The van der Waals surface area contributed by atoms with E-state index in [1.54, 1.807) is 4.90 Å². The number of piperidine rings is 1. The smallest absolute Gasteiger partial charge is 0.410 e. The maximum absolute atomic E-state index is 12.3. The Morgan fingerprint density at radius 3 is 2.43 bits per heavy atom. The van der Waals surface area contributed by atoms with Crippen molar-refractivity contribution in [2.24, 2.45) is 5.92 Å². The summed E-state index contributed by atoms with van der Waals surface area (Å²) in [5.41, 5.74) is 1.31. The third-order valence-electron chi connectivity index (χ3n) is 5.20. The predicted molar refractivity (Wildman–Crippen MR) is 105 cm³/mol. The lowest BCUT2D eigenvalue weighted by molar-refractivity contribution is -0.384. The van der Waals surface area contributed by atoms with Gasteiger partial charge in [-0.05, 0) is 61.4 Å². The fourth-order valence-corrected chi connectivity index (χ4v) is 3.52. The second kappa shape index (κ2) is 9.82. The summed E-state index contributed by atoms with van der Waals surface area (Å²) in [6, 6.07) is 9.70. The van der Waals surface area contributed by atoms with E-state index >= 15 is 0 Å². The molecule has 1 aliphatic rings. The van der Waals surface area contributed by atoms with Crippen LogP contribution in [0.4, 0.5) is 10.5 Å². The normalized spacial score (nSPS) is 14.6. The molecule has 28 heavy (non-hydrogen) atoms. The quantitative estimate of drug-likeness (QED) is 0.396. The minimum Gasteiger partial charge on any atom is -0.410 e. The fourth-order valence-electron chi connectivity index (χ4n) is 3.52. The van der Waals surface area contributed by atoms with Crippen LogP contribution in [0.5, 0.6) is 5.75 Å². The molecule has 1 amide bonds. The van der Waals surface area contributed by atoms with Crippen LogP contribution in [0.1, 0.15) is 37.7 Å². The van der Waals surface area contributed by atoms with Crippen LogP contribution in [0, 0.1) is 16.0 Å². The number of pyridine rings is 1. The zero-order valence-corrected chi connectivity index (χ0v) is 15.8. The number of unbranched alkanes of at least 4 members (excludes halogenated alkanes) is 1. The lowest BCUT2D eigenvalue weighted by Crippen LogP contribution is -2.40. The molecule has 7 nitrogen and oxygen atoms in total. The van der Waals surface area contributed by atoms with E-state index in [0.717, 1.165) is 19.3 Å². The molecule has 0 unspecified atom stereocenters. The first kappa shape index (κ1) is 19.8. The molecule has 3 rings (SSSR count). The molecule has 1 aromatic heterocycles. The van der Waals surface area contributed by atoms with E-state index < -0.39 is 4.92 Å². The number of nitro groups is 1. The number of non-ortho nitro benzene ring substituents is 1. The molecule has 1 aliphatic heterocycles. The Labute approximate surface area is 164 Å². The summed E-state index contributed by atoms with van der Waals surface area (Å²) >= 11 is 0. The van der Waals surface area contributed by atoms with E-state index in [9.17, 15) is 14.9 Å². The van der Waals surface area contributed by atoms with Crippen molar-refractivity contribution in [2.45, 2.75) is 38.5 Å². The molecular weight excluding hydrogens is 358 g/mol. The Hall–Kier alpha value is -2.96. The number of rotatable bonds is 7. The minimum atomic E-state index is -0.479. The third-order valence-corrected chi connectivity index (χ3v) is 5.20. The number of aromatic nitrogens is 1. The first-order valence-electron chi connectivity index (χ1n) is 9.72. The first-order chi connectivity index (χ1) is 13.6. The average molecular weight is 383 g/mol. The molecule has 0 aliphatic carbocycles. The number of likely N-dealkylation sites (tertiary alicyclic amines) is 1. The second-order valence-corrected chi connectivity index (χ2v) is 7.15. The van der Waals surface area contributed by atoms with Crippen molar-refractivity contribution >= 4 is 11.8 Å². The number of carbonyl (C=O) groups is 1. The van der Waals surface area contributed by atoms with E-state index in [1.807, 2.05) is 12.4 Å². The van der Waals surface area contributed by atoms with Crippen LogP contribution in [0.25, 0.3) is 0 Å². The van der Waals surface area contributed by atoms with Gasteiger partial charge in [-0.25, -0.2) is 4.79 Å². The summed E-state index contributed by atoms with van der Waals surface area (Å²) in [4.78, 5) is 28.2. The molecule has 0 radical (unpaired) electrons. The Balaban J connectivity index is 1.35. The molecule has 2 heterocycles. The number of aryl methyl sites for hydroxylation is 1. The number of hydrogen-bond acceptors (Lipinski definition) is 5. The number of carbonyl (C=O) groups excluding carboxylic acids is 1. The van der Waals surface area contributed by atoms with Gasteiger partial charge in [0.05, 0.1) is 4.92 Å². The van der Waals surface area contributed by atoms with Gasteiger partial charge in [0.25, 0.3) is 5.69 Å². The Morgan fingerprint density at radius 1 is 1.11 bits per heavy atom. The van der Waals surface area contributed by atoms with Gasteiger partial charge < -0.3 is 9.64 Å². The van der Waals surface area contributed by atoms with Crippen molar-refractivity contribution in [2.75, 3.05) is 13.1 Å². The number of benzene rings is 1. The molecule has 0 N–H and O–H groups in total. The van der Waals surface area contributed by atoms with Gasteiger partial charge in [-0.3, -0.25) is 15.1 Å². The van der Waals surface area contributed by atoms with Crippen molar-refractivity contribution in [3.05, 3.63) is 64.5 Å². The zero-order valence-electron chi connectivity index (χ0n) is 15.8. The number of amides is 1. The lowest BCUT2D eigenvalue weighted by atomic mass is 9.91. The van der Waals surface area contributed by atoms with Crippen LogP contribution in [-0.4, -0.2) is 34.0 Å². The fraction of sp³-hybridized carbons (Fsp3) is 0.429. The highest BCUT2D eigenvalue weighted by Gasteiger charge is 2.24. The molecule has 0 bridgehead atoms. The van der Waals surface area contributed by atoms with Crippen LogP contribution >= 0.6 is 0 Å². The van der Waals surface area contributed by atoms with Crippen molar-refractivity contribution in [1.29, 1.82) is 0 Å². The van der Waals surface area contributed by atoms with Crippen molar-refractivity contribution in [3.8, 4) is 5.75 Å². The van der Waals surface area contributed by atoms with Gasteiger partial charge >= 0.3 is 6.09 Å². The summed E-state index contributed by atoms with van der Waals surface area (Å²) in [6.07, 6.45) is 9.91. The van der Waals surface area contributed by atoms with Gasteiger partial charge in [0.2, 0.25) is 0 Å². The van der Waals surface area contributed by atoms with E-state index in [0.29, 0.717) is 24.8 Å². The molecule has 1 fully saturated rings. The number of hydrogen-bond donors (Lipinski definition) is 0. The molecular formula is C21H25N3O4. The van der Waals surface area contributed by atoms with Crippen molar-refractivity contribution in [3.63, 3.8) is 0 Å². The van der Waals surface area contributed by atoms with E-state index in [2.05, 4.69) is 17.1 Å². The highest BCUT2D eigenvalue weighted by atomic mass is 16.6. The molecule has 1 saturated heterocycles. The largest absolute Gasteiger partial charge is 0.415 e. The second-order valence-electron chi connectivity index (χ2n) is 7.15. The molecule has 7 heteroatoms. The van der Waals surface area contributed by atoms with E-state index in [-0.39, 0.29) is 11.8 Å². The highest BCUT2D eigenvalue weighted by molar-refractivity contribution is 5.70. The van der Waals surface area contributed by atoms with E-state index in [4.69, 9.17) is 4.74 Å². The molecule has 148 valence electrons. The molecule has 2 aromatic rings. The van der Waals surface area contributed by atoms with E-state index in [1.165, 1.54) is 49.1 Å². The predicted octanol–water partition coefficient (Wildman–Crippen LogP) is 4.61. The van der Waals surface area contributed by atoms with Crippen molar-refractivity contribution < 1.29 is 14.5 Å². The summed E-state index contributed by atoms with van der Waals surface area (Å²) in [5, 5.41) is 10.7. The molecule has 0 spiro atoms. The Bertz CT molecular complexity index is 772. The number of nitro benzene ring substituents is 1. The van der Waals surface area contributed by atoms with Crippen LogP contribution in [-0.2, 0) is 6.42 Å². The number of ether oxygens (including phenoxy) is 1. The maximum Gasteiger partial charge on any atom is 0.415 e. The van der Waals surface area contributed by atoms with Gasteiger partial charge in [-0.2, -0.15) is 0 Å². The molecule has 1 aromatic carbocycles. The van der Waals surface area contributed by atoms with Crippen LogP contribution in [0.15, 0.2) is 48.8 Å². The summed E-state index contributed by atoms with van der Waals surface area (Å²) in [6.45, 7) is 1.39. The average Bonchev–Trinajstić information content (AvgIpc) is 2.73. The summed E-state index contributed by atoms with van der Waals surface area (Å²) < 4.78 is 5.33. The van der Waals surface area contributed by atoms with Crippen LogP contribution in [0.2, 0.25) is 0 Å².